The van der Waals surface area contributed by atoms with Crippen LogP contribution in [0.1, 0.15) is 32.1 Å². The van der Waals surface area contributed by atoms with Gasteiger partial charge in [-0.15, -0.1) is 0 Å². The van der Waals surface area contributed by atoms with Gasteiger partial charge in [0.25, 0.3) is 0 Å². The maximum absolute atomic E-state index is 8.96. The van der Waals surface area contributed by atoms with Crippen LogP contribution in [0.4, 0.5) is 0 Å². The van der Waals surface area contributed by atoms with Gasteiger partial charge in [-0.2, -0.15) is 21.0 Å². The van der Waals surface area contributed by atoms with Crippen LogP contribution in [0.5, 0.6) is 0 Å². The topological polar surface area (TPSA) is 95.2 Å². The fourth-order valence-corrected chi connectivity index (χ4v) is 1.48. The maximum atomic E-state index is 8.96. The fourth-order valence-electron chi connectivity index (χ4n) is 1.48. The summed E-state index contributed by atoms with van der Waals surface area (Å²) < 4.78 is 0. The summed E-state index contributed by atoms with van der Waals surface area (Å²) in [7, 11) is 0. The molecule has 0 rings (SSSR count). The number of rotatable bonds is 7. The minimum atomic E-state index is -0.518. The molecule has 0 aliphatic heterocycles. The minimum absolute atomic E-state index is 0.369. The first kappa shape index (κ1) is 14.7. The molecule has 0 amide bonds. The zero-order valence-electron chi connectivity index (χ0n) is 9.63. The summed E-state index contributed by atoms with van der Waals surface area (Å²) in [6.07, 6.45) is 6.45. The van der Waals surface area contributed by atoms with Crippen LogP contribution in [-0.2, 0) is 0 Å². The zero-order chi connectivity index (χ0) is 12.9. The van der Waals surface area contributed by atoms with E-state index >= 15 is 0 Å². The number of allylic oxidation sites excluding steroid dienone is 2. The molecule has 0 fully saturated rings. The third-order valence-corrected chi connectivity index (χ3v) is 2.43. The summed E-state index contributed by atoms with van der Waals surface area (Å²) in [5.41, 5.74) is 0. The molecule has 0 aliphatic carbocycles. The lowest BCUT2D eigenvalue weighted by Gasteiger charge is -2.10. The summed E-state index contributed by atoms with van der Waals surface area (Å²) in [5.74, 6) is -0.887. The van der Waals surface area contributed by atoms with Gasteiger partial charge in [0.05, 0.1) is 36.1 Å². The van der Waals surface area contributed by atoms with Gasteiger partial charge in [0.2, 0.25) is 0 Å². The summed E-state index contributed by atoms with van der Waals surface area (Å²) in [4.78, 5) is 0. The second-order valence-electron chi connectivity index (χ2n) is 3.64. The molecule has 4 nitrogen and oxygen atoms in total. The lowest BCUT2D eigenvalue weighted by atomic mass is 9.89. The van der Waals surface area contributed by atoms with Crippen molar-refractivity contribution in [2.75, 3.05) is 0 Å². The highest BCUT2D eigenvalue weighted by molar-refractivity contribution is 5.13. The highest BCUT2D eigenvalue weighted by Gasteiger charge is 2.17. The monoisotopic (exact) mass is 226 g/mol. The molecule has 0 aliphatic rings. The van der Waals surface area contributed by atoms with E-state index in [1.165, 1.54) is 12.2 Å². The zero-order valence-corrected chi connectivity index (χ0v) is 9.63. The van der Waals surface area contributed by atoms with E-state index in [1.54, 1.807) is 0 Å². The van der Waals surface area contributed by atoms with Crippen molar-refractivity contribution in [1.82, 2.24) is 0 Å². The number of nitrogens with zero attached hydrogens (tertiary/aromatic N) is 4. The largest absolute Gasteiger partial charge is 0.198 e. The summed E-state index contributed by atoms with van der Waals surface area (Å²) >= 11 is 0. The molecule has 0 aromatic carbocycles. The number of nitriles is 4. The molecule has 0 radical (unpaired) electrons. The molecule has 0 saturated heterocycles. The van der Waals surface area contributed by atoms with E-state index in [9.17, 15) is 0 Å². The van der Waals surface area contributed by atoms with Crippen molar-refractivity contribution < 1.29 is 0 Å². The van der Waals surface area contributed by atoms with Crippen LogP contribution in [-0.4, -0.2) is 0 Å². The Balaban J connectivity index is 4.11. The van der Waals surface area contributed by atoms with Crippen LogP contribution in [0, 0.1) is 57.2 Å². The van der Waals surface area contributed by atoms with E-state index in [1.807, 2.05) is 12.1 Å². The minimum Gasteiger partial charge on any atom is -0.198 e. The molecule has 0 aromatic rings. The van der Waals surface area contributed by atoms with Gasteiger partial charge < -0.3 is 0 Å². The predicted octanol–water partition coefficient (Wildman–Crippen LogP) is 2.82. The van der Waals surface area contributed by atoms with Crippen LogP contribution in [0.3, 0.4) is 0 Å². The lowest BCUT2D eigenvalue weighted by molar-refractivity contribution is 0.495. The van der Waals surface area contributed by atoms with Crippen molar-refractivity contribution in [1.29, 1.82) is 21.0 Å². The average molecular weight is 226 g/mol. The third kappa shape index (κ3) is 6.72. The molecule has 2 unspecified atom stereocenters. The van der Waals surface area contributed by atoms with Crippen LogP contribution in [0.2, 0.25) is 0 Å². The van der Waals surface area contributed by atoms with Gasteiger partial charge in [0.15, 0.2) is 0 Å². The molecule has 0 heterocycles. The summed E-state index contributed by atoms with van der Waals surface area (Å²) in [6, 6.07) is 8.02. The van der Waals surface area contributed by atoms with Gasteiger partial charge in [-0.05, 0) is 12.8 Å². The average Bonchev–Trinajstić information content (AvgIpc) is 2.36. The van der Waals surface area contributed by atoms with E-state index in [0.717, 1.165) is 19.3 Å². The van der Waals surface area contributed by atoms with Crippen molar-refractivity contribution in [3.63, 3.8) is 0 Å². The Morgan fingerprint density at radius 1 is 0.941 bits per heavy atom. The van der Waals surface area contributed by atoms with Gasteiger partial charge in [-0.25, -0.2) is 0 Å². The quantitative estimate of drug-likeness (QED) is 0.492. The van der Waals surface area contributed by atoms with Crippen molar-refractivity contribution in [2.45, 2.75) is 32.1 Å². The Kier molecular flexibility index (Phi) is 8.84. The van der Waals surface area contributed by atoms with Crippen molar-refractivity contribution in [2.24, 2.45) is 11.8 Å². The first-order valence-electron chi connectivity index (χ1n) is 5.52. The Hall–Kier alpha value is -2.30. The second-order valence-corrected chi connectivity index (χ2v) is 3.64. The smallest absolute Gasteiger partial charge is 0.0909 e. The number of hydrogen-bond donors (Lipinski definition) is 0. The molecule has 0 aromatic heterocycles. The molecule has 0 saturated carbocycles. The van der Waals surface area contributed by atoms with Crippen LogP contribution in [0.15, 0.2) is 12.2 Å². The fraction of sp³-hybridized carbons (Fsp3) is 0.538. The third-order valence-electron chi connectivity index (χ3n) is 2.43. The van der Waals surface area contributed by atoms with E-state index in [2.05, 4.69) is 12.1 Å². The van der Waals surface area contributed by atoms with Crippen LogP contribution < -0.4 is 0 Å². The van der Waals surface area contributed by atoms with E-state index in [-0.39, 0.29) is 5.92 Å². The van der Waals surface area contributed by atoms with Crippen molar-refractivity contribution >= 4 is 0 Å². The molecule has 4 heteroatoms. The highest BCUT2D eigenvalue weighted by Crippen LogP contribution is 2.19. The second kappa shape index (κ2) is 10.2. The Morgan fingerprint density at radius 2 is 1.71 bits per heavy atom. The van der Waals surface area contributed by atoms with Gasteiger partial charge in [-0.1, -0.05) is 18.9 Å². The molecule has 0 bridgehead atoms. The molecular weight excluding hydrogens is 212 g/mol. The highest BCUT2D eigenvalue weighted by atomic mass is 14.3. The van der Waals surface area contributed by atoms with Gasteiger partial charge in [0, 0.05) is 12.5 Å². The van der Waals surface area contributed by atoms with Crippen molar-refractivity contribution in [3.05, 3.63) is 12.2 Å². The molecule has 0 N–H and O–H groups in total. The molecular formula is C13H14N4. The maximum Gasteiger partial charge on any atom is 0.0909 e. The normalized spacial score (nSPS) is 12.9. The molecule has 2 atom stereocenters. The number of hydrogen-bond acceptors (Lipinski definition) is 4. The summed E-state index contributed by atoms with van der Waals surface area (Å²) in [5, 5.41) is 34.6. The summed E-state index contributed by atoms with van der Waals surface area (Å²) in [6.45, 7) is 0. The molecule has 86 valence electrons. The Bertz CT molecular complexity index is 397. The number of unbranched alkanes of at least 4 members (excludes halogenated alkanes) is 3. The SMILES string of the molecule is N#CC=CC(C#N)C(C#N)CCCCCC#N. The molecule has 17 heavy (non-hydrogen) atoms. The Morgan fingerprint density at radius 3 is 2.24 bits per heavy atom. The van der Waals surface area contributed by atoms with Gasteiger partial charge in [-0.3, -0.25) is 0 Å². The van der Waals surface area contributed by atoms with Gasteiger partial charge in [0.1, 0.15) is 0 Å². The first-order chi connectivity index (χ1) is 8.29. The van der Waals surface area contributed by atoms with E-state index in [0.29, 0.717) is 12.8 Å². The first-order valence-corrected chi connectivity index (χ1v) is 5.52. The van der Waals surface area contributed by atoms with Crippen molar-refractivity contribution in [3.8, 4) is 24.3 Å². The standard InChI is InChI=1S/C13H14N4/c14-8-4-2-1-3-6-12(10-16)13(11-17)7-5-9-15/h5,7,12-13H,1-4,6H2. The lowest BCUT2D eigenvalue weighted by Crippen LogP contribution is -2.09. The Labute approximate surface area is 102 Å². The van der Waals surface area contributed by atoms with Crippen LogP contribution >= 0.6 is 0 Å². The molecule has 0 spiro atoms. The van der Waals surface area contributed by atoms with Crippen LogP contribution in [0.25, 0.3) is 0 Å². The van der Waals surface area contributed by atoms with E-state index in [4.69, 9.17) is 21.0 Å². The van der Waals surface area contributed by atoms with Gasteiger partial charge >= 0.3 is 0 Å². The van der Waals surface area contributed by atoms with E-state index < -0.39 is 5.92 Å². The predicted molar refractivity (Wildman–Crippen MR) is 61.7 cm³/mol.